The number of aliphatic carboxylic acids is 1. The van der Waals surface area contributed by atoms with Crippen LogP contribution in [0.5, 0.6) is 0 Å². The van der Waals surface area contributed by atoms with Gasteiger partial charge in [-0.2, -0.15) is 0 Å². The van der Waals surface area contributed by atoms with E-state index in [0.717, 1.165) is 28.2 Å². The molecule has 1 heterocycles. The second-order valence-corrected chi connectivity index (χ2v) is 4.34. The molecule has 1 aromatic carbocycles. The number of carboxylic acids is 1. The van der Waals surface area contributed by atoms with Gasteiger partial charge in [0, 0.05) is 34.7 Å². The lowest BCUT2D eigenvalue weighted by Gasteiger charge is -1.99. The molecule has 2 rings (SSSR count). The van der Waals surface area contributed by atoms with Gasteiger partial charge in [0.15, 0.2) is 0 Å². The number of hydrogen-bond acceptors (Lipinski definition) is 1. The number of fused-ring (bicyclic) bond motifs is 1. The lowest BCUT2D eigenvalue weighted by Crippen LogP contribution is -1.93. The average molecular weight is 250 g/mol. The van der Waals surface area contributed by atoms with E-state index in [1.807, 2.05) is 36.7 Å². The Kier molecular flexibility index (Phi) is 2.94. The number of hydrogen-bond donors (Lipinski definition) is 1. The molecular formula is C13H12ClNO2. The van der Waals surface area contributed by atoms with Crippen LogP contribution in [0.2, 0.25) is 5.02 Å². The number of aryl methyl sites for hydroxylation is 2. The molecular weight excluding hydrogens is 238 g/mol. The van der Waals surface area contributed by atoms with E-state index in [0.29, 0.717) is 5.02 Å². The third kappa shape index (κ3) is 2.06. The van der Waals surface area contributed by atoms with Gasteiger partial charge in [0.2, 0.25) is 0 Å². The summed E-state index contributed by atoms with van der Waals surface area (Å²) in [6.07, 6.45) is 2.74. The predicted molar refractivity (Wildman–Crippen MR) is 69.3 cm³/mol. The molecule has 0 fully saturated rings. The van der Waals surface area contributed by atoms with Crippen LogP contribution in [0.4, 0.5) is 0 Å². The first-order valence-electron chi connectivity index (χ1n) is 5.16. The first-order valence-corrected chi connectivity index (χ1v) is 5.54. The maximum Gasteiger partial charge on any atom is 0.328 e. The van der Waals surface area contributed by atoms with Crippen molar-refractivity contribution in [3.8, 4) is 0 Å². The number of benzene rings is 1. The van der Waals surface area contributed by atoms with Crippen molar-refractivity contribution in [3.05, 3.63) is 40.6 Å². The normalized spacial score (nSPS) is 11.5. The molecule has 0 aliphatic heterocycles. The van der Waals surface area contributed by atoms with Crippen LogP contribution >= 0.6 is 11.6 Å². The van der Waals surface area contributed by atoms with Gasteiger partial charge in [-0.25, -0.2) is 4.79 Å². The van der Waals surface area contributed by atoms with Gasteiger partial charge in [0.1, 0.15) is 0 Å². The van der Waals surface area contributed by atoms with Crippen molar-refractivity contribution in [3.63, 3.8) is 0 Å². The van der Waals surface area contributed by atoms with Gasteiger partial charge >= 0.3 is 5.97 Å². The number of halogens is 1. The molecule has 1 aromatic heterocycles. The molecule has 0 aliphatic carbocycles. The van der Waals surface area contributed by atoms with E-state index in [-0.39, 0.29) is 0 Å². The Hall–Kier alpha value is -1.74. The van der Waals surface area contributed by atoms with Gasteiger partial charge in [0.05, 0.1) is 0 Å². The Morgan fingerprint density at radius 1 is 1.47 bits per heavy atom. The summed E-state index contributed by atoms with van der Waals surface area (Å²) in [5.41, 5.74) is 2.93. The molecule has 0 spiro atoms. The fourth-order valence-electron chi connectivity index (χ4n) is 2.01. The largest absolute Gasteiger partial charge is 0.478 e. The van der Waals surface area contributed by atoms with E-state index < -0.39 is 5.97 Å². The first kappa shape index (κ1) is 11.7. The molecule has 0 unspecified atom stereocenters. The lowest BCUT2D eigenvalue weighted by molar-refractivity contribution is -0.131. The molecule has 0 saturated carbocycles. The highest BCUT2D eigenvalue weighted by molar-refractivity contribution is 6.31. The maximum atomic E-state index is 10.5. The quantitative estimate of drug-likeness (QED) is 0.831. The number of carboxylic acid groups (broad SMARTS) is 1. The second-order valence-electron chi connectivity index (χ2n) is 3.90. The standard InChI is InChI=1S/C13H12ClNO2/c1-8-10-4-3-9(14)7-12(10)15(2)11(8)5-6-13(16)17/h3-7H,1-2H3,(H,16,17)/b6-5+. The van der Waals surface area contributed by atoms with Crippen molar-refractivity contribution >= 4 is 34.5 Å². The number of rotatable bonds is 2. The fourth-order valence-corrected chi connectivity index (χ4v) is 2.17. The summed E-state index contributed by atoms with van der Waals surface area (Å²) >= 11 is 5.95. The molecule has 0 radical (unpaired) electrons. The highest BCUT2D eigenvalue weighted by atomic mass is 35.5. The van der Waals surface area contributed by atoms with Crippen LogP contribution in [-0.2, 0) is 11.8 Å². The van der Waals surface area contributed by atoms with Gasteiger partial charge in [-0.05, 0) is 30.7 Å². The van der Waals surface area contributed by atoms with E-state index in [4.69, 9.17) is 16.7 Å². The summed E-state index contributed by atoms with van der Waals surface area (Å²) in [7, 11) is 1.90. The van der Waals surface area contributed by atoms with E-state index in [1.54, 1.807) is 6.08 Å². The van der Waals surface area contributed by atoms with Crippen LogP contribution in [0.25, 0.3) is 17.0 Å². The number of aromatic nitrogens is 1. The zero-order valence-electron chi connectivity index (χ0n) is 9.57. The Balaban J connectivity index is 2.68. The van der Waals surface area contributed by atoms with Crippen molar-refractivity contribution in [2.45, 2.75) is 6.92 Å². The molecule has 88 valence electrons. The first-order chi connectivity index (χ1) is 8.00. The molecule has 0 atom stereocenters. The molecule has 1 N–H and O–H groups in total. The predicted octanol–water partition coefficient (Wildman–Crippen LogP) is 3.24. The molecule has 0 aliphatic rings. The average Bonchev–Trinajstić information content (AvgIpc) is 2.49. The van der Waals surface area contributed by atoms with Gasteiger partial charge < -0.3 is 9.67 Å². The van der Waals surface area contributed by atoms with Gasteiger partial charge in [-0.15, -0.1) is 0 Å². The maximum absolute atomic E-state index is 10.5. The Labute approximate surface area is 104 Å². The topological polar surface area (TPSA) is 42.2 Å². The zero-order chi connectivity index (χ0) is 12.6. The van der Waals surface area contributed by atoms with Crippen molar-refractivity contribution in [2.24, 2.45) is 7.05 Å². The molecule has 4 heteroatoms. The zero-order valence-corrected chi connectivity index (χ0v) is 10.3. The van der Waals surface area contributed by atoms with Gasteiger partial charge in [0.25, 0.3) is 0 Å². The third-order valence-electron chi connectivity index (χ3n) is 2.85. The molecule has 0 saturated heterocycles. The van der Waals surface area contributed by atoms with Crippen LogP contribution in [-0.4, -0.2) is 15.6 Å². The molecule has 0 amide bonds. The SMILES string of the molecule is Cc1c(/C=C/C(=O)O)n(C)c2cc(Cl)ccc12. The fraction of sp³-hybridized carbons (Fsp3) is 0.154. The summed E-state index contributed by atoms with van der Waals surface area (Å²) in [4.78, 5) is 10.5. The minimum absolute atomic E-state index is 0.673. The lowest BCUT2D eigenvalue weighted by atomic mass is 10.1. The van der Waals surface area contributed by atoms with Crippen LogP contribution in [0.1, 0.15) is 11.3 Å². The highest BCUT2D eigenvalue weighted by Gasteiger charge is 2.09. The highest BCUT2D eigenvalue weighted by Crippen LogP contribution is 2.27. The smallest absolute Gasteiger partial charge is 0.328 e. The minimum atomic E-state index is -0.951. The summed E-state index contributed by atoms with van der Waals surface area (Å²) in [6, 6.07) is 5.66. The summed E-state index contributed by atoms with van der Waals surface area (Å²) in [5.74, 6) is -0.951. The molecule has 2 aromatic rings. The van der Waals surface area contributed by atoms with E-state index in [1.165, 1.54) is 0 Å². The van der Waals surface area contributed by atoms with Crippen LogP contribution < -0.4 is 0 Å². The molecule has 0 bridgehead atoms. The minimum Gasteiger partial charge on any atom is -0.478 e. The summed E-state index contributed by atoms with van der Waals surface area (Å²) in [6.45, 7) is 1.97. The van der Waals surface area contributed by atoms with Crippen LogP contribution in [0, 0.1) is 6.92 Å². The Morgan fingerprint density at radius 2 is 2.18 bits per heavy atom. The second kappa shape index (κ2) is 4.26. The van der Waals surface area contributed by atoms with Crippen molar-refractivity contribution in [2.75, 3.05) is 0 Å². The number of nitrogens with zero attached hydrogens (tertiary/aromatic N) is 1. The van der Waals surface area contributed by atoms with Gasteiger partial charge in [-0.3, -0.25) is 0 Å². The van der Waals surface area contributed by atoms with E-state index in [9.17, 15) is 4.79 Å². The van der Waals surface area contributed by atoms with Gasteiger partial charge in [-0.1, -0.05) is 17.7 Å². The third-order valence-corrected chi connectivity index (χ3v) is 3.09. The van der Waals surface area contributed by atoms with E-state index in [2.05, 4.69) is 0 Å². The molecule has 17 heavy (non-hydrogen) atoms. The van der Waals surface area contributed by atoms with Crippen LogP contribution in [0.15, 0.2) is 24.3 Å². The van der Waals surface area contributed by atoms with Crippen molar-refractivity contribution < 1.29 is 9.90 Å². The summed E-state index contributed by atoms with van der Waals surface area (Å²) < 4.78 is 1.94. The van der Waals surface area contributed by atoms with Crippen molar-refractivity contribution in [1.82, 2.24) is 4.57 Å². The Bertz CT molecular complexity index is 626. The molecule has 3 nitrogen and oxygen atoms in total. The van der Waals surface area contributed by atoms with Crippen LogP contribution in [0.3, 0.4) is 0 Å². The van der Waals surface area contributed by atoms with E-state index >= 15 is 0 Å². The monoisotopic (exact) mass is 249 g/mol. The number of carbonyl (C=O) groups is 1. The van der Waals surface area contributed by atoms with Crippen molar-refractivity contribution in [1.29, 1.82) is 0 Å². The Morgan fingerprint density at radius 3 is 2.82 bits per heavy atom. The summed E-state index contributed by atoms with van der Waals surface area (Å²) in [5, 5.41) is 10.4.